The second-order valence-electron chi connectivity index (χ2n) is 4.62. The summed E-state index contributed by atoms with van der Waals surface area (Å²) in [6.07, 6.45) is 0.751. The highest BCUT2D eigenvalue weighted by Gasteiger charge is 2.12. The summed E-state index contributed by atoms with van der Waals surface area (Å²) in [6.45, 7) is 0.590. The number of fused-ring (bicyclic) bond motifs is 1. The molecule has 3 aromatic rings. The van der Waals surface area contributed by atoms with Crippen LogP contribution < -0.4 is 5.69 Å². The van der Waals surface area contributed by atoms with E-state index in [1.54, 1.807) is 4.57 Å². The van der Waals surface area contributed by atoms with E-state index in [9.17, 15) is 9.59 Å². The number of imidazole rings is 1. The van der Waals surface area contributed by atoms with Crippen molar-refractivity contribution >= 4 is 17.3 Å². The van der Waals surface area contributed by atoms with Crippen LogP contribution in [0.5, 0.6) is 0 Å². The van der Waals surface area contributed by atoms with Crippen molar-refractivity contribution in [3.63, 3.8) is 0 Å². The Morgan fingerprint density at radius 1 is 0.850 bits per heavy atom. The third kappa shape index (κ3) is 2.05. The number of hydrogen-bond acceptors (Lipinski definition) is 2. The summed E-state index contributed by atoms with van der Waals surface area (Å²) in [6, 6.07) is 17.3. The summed E-state index contributed by atoms with van der Waals surface area (Å²) in [5, 5.41) is 0. The number of hydrogen-bond donors (Lipinski definition) is 0. The molecule has 0 bridgehead atoms. The Kier molecular flexibility index (Phi) is 3.21. The lowest BCUT2D eigenvalue weighted by Crippen LogP contribution is -2.25. The van der Waals surface area contributed by atoms with Crippen LogP contribution in [0, 0.1) is 0 Å². The van der Waals surface area contributed by atoms with E-state index < -0.39 is 0 Å². The van der Waals surface area contributed by atoms with Crippen molar-refractivity contribution in [2.24, 2.45) is 0 Å². The first-order valence-electron chi connectivity index (χ1n) is 6.47. The molecule has 20 heavy (non-hydrogen) atoms. The van der Waals surface area contributed by atoms with Crippen molar-refractivity contribution in [3.8, 4) is 0 Å². The molecule has 4 nitrogen and oxygen atoms in total. The highest BCUT2D eigenvalue weighted by atomic mass is 16.2. The molecule has 0 aliphatic carbocycles. The van der Waals surface area contributed by atoms with Crippen molar-refractivity contribution in [2.75, 3.05) is 0 Å². The van der Waals surface area contributed by atoms with E-state index in [-0.39, 0.29) is 12.2 Å². The molecule has 0 fully saturated rings. The molecule has 0 saturated heterocycles. The van der Waals surface area contributed by atoms with Crippen molar-refractivity contribution < 1.29 is 4.79 Å². The van der Waals surface area contributed by atoms with Crippen molar-refractivity contribution in [2.45, 2.75) is 13.1 Å². The van der Waals surface area contributed by atoms with Gasteiger partial charge in [-0.25, -0.2) is 4.79 Å². The second-order valence-corrected chi connectivity index (χ2v) is 4.62. The fourth-order valence-electron chi connectivity index (χ4n) is 2.44. The van der Waals surface area contributed by atoms with Crippen LogP contribution in [0.2, 0.25) is 0 Å². The highest BCUT2D eigenvalue weighted by Crippen LogP contribution is 2.14. The van der Waals surface area contributed by atoms with Gasteiger partial charge in [0.15, 0.2) is 0 Å². The lowest BCUT2D eigenvalue weighted by Gasteiger charge is -2.03. The van der Waals surface area contributed by atoms with Crippen LogP contribution in [0.3, 0.4) is 0 Å². The van der Waals surface area contributed by atoms with E-state index >= 15 is 0 Å². The molecule has 100 valence electrons. The number of carbonyl (C=O) groups is 1. The van der Waals surface area contributed by atoms with Gasteiger partial charge in [-0.3, -0.25) is 9.13 Å². The second kappa shape index (κ2) is 5.17. The van der Waals surface area contributed by atoms with Gasteiger partial charge in [0.25, 0.3) is 0 Å². The molecule has 0 aliphatic heterocycles. The van der Waals surface area contributed by atoms with Crippen LogP contribution in [-0.2, 0) is 17.9 Å². The molecular weight excluding hydrogens is 252 g/mol. The van der Waals surface area contributed by atoms with Gasteiger partial charge in [-0.1, -0.05) is 42.5 Å². The van der Waals surface area contributed by atoms with Crippen molar-refractivity contribution in [1.29, 1.82) is 0 Å². The fraction of sp³-hybridized carbons (Fsp3) is 0.125. The number of benzene rings is 2. The zero-order valence-electron chi connectivity index (χ0n) is 10.9. The fourth-order valence-corrected chi connectivity index (χ4v) is 2.44. The van der Waals surface area contributed by atoms with E-state index in [0.29, 0.717) is 6.54 Å². The van der Waals surface area contributed by atoms with Crippen LogP contribution >= 0.6 is 0 Å². The maximum Gasteiger partial charge on any atom is 0.329 e. The largest absolute Gasteiger partial charge is 0.329 e. The third-order valence-corrected chi connectivity index (χ3v) is 3.37. The predicted octanol–water partition coefficient (Wildman–Crippen LogP) is 2.05. The summed E-state index contributed by atoms with van der Waals surface area (Å²) in [5.41, 5.74) is 2.55. The first-order chi connectivity index (χ1) is 9.81. The van der Waals surface area contributed by atoms with Crippen molar-refractivity contribution in [1.82, 2.24) is 9.13 Å². The van der Waals surface area contributed by atoms with Gasteiger partial charge in [0.2, 0.25) is 0 Å². The number of aldehydes is 1. The number of rotatable bonds is 4. The number of aromatic nitrogens is 2. The van der Waals surface area contributed by atoms with Gasteiger partial charge in [-0.05, 0) is 17.7 Å². The minimum atomic E-state index is -0.151. The maximum atomic E-state index is 12.4. The Hall–Kier alpha value is -2.62. The summed E-state index contributed by atoms with van der Waals surface area (Å²) >= 11 is 0. The molecule has 0 atom stereocenters. The Bertz CT molecular complexity index is 800. The number of nitrogens with zero attached hydrogens (tertiary/aromatic N) is 2. The minimum absolute atomic E-state index is 0.0845. The Morgan fingerprint density at radius 2 is 1.45 bits per heavy atom. The Labute approximate surface area is 115 Å². The monoisotopic (exact) mass is 266 g/mol. The average Bonchev–Trinajstić information content (AvgIpc) is 2.75. The Morgan fingerprint density at radius 3 is 2.10 bits per heavy atom. The lowest BCUT2D eigenvalue weighted by molar-refractivity contribution is -0.108. The van der Waals surface area contributed by atoms with Gasteiger partial charge in [0.05, 0.1) is 24.1 Å². The number of carbonyl (C=O) groups excluding carboxylic acids is 1. The van der Waals surface area contributed by atoms with Gasteiger partial charge in [0.1, 0.15) is 6.29 Å². The van der Waals surface area contributed by atoms with Crippen LogP contribution in [0.1, 0.15) is 5.56 Å². The summed E-state index contributed by atoms with van der Waals surface area (Å²) in [4.78, 5) is 23.2. The first kappa shape index (κ1) is 12.4. The number of para-hydroxylation sites is 2. The standard InChI is InChI=1S/C16H14N2O2/c19-11-10-17-14-8-4-5-9-15(14)18(16(17)20)12-13-6-2-1-3-7-13/h1-9,11H,10,12H2. The lowest BCUT2D eigenvalue weighted by atomic mass is 10.2. The molecule has 0 radical (unpaired) electrons. The molecule has 4 heteroatoms. The van der Waals surface area contributed by atoms with E-state index in [0.717, 1.165) is 22.9 Å². The molecule has 0 amide bonds. The van der Waals surface area contributed by atoms with E-state index in [2.05, 4.69) is 0 Å². The molecule has 3 rings (SSSR count). The third-order valence-electron chi connectivity index (χ3n) is 3.37. The maximum absolute atomic E-state index is 12.4. The van der Waals surface area contributed by atoms with Gasteiger partial charge >= 0.3 is 5.69 Å². The molecule has 2 aromatic carbocycles. The zero-order valence-corrected chi connectivity index (χ0v) is 10.9. The zero-order chi connectivity index (χ0) is 13.9. The molecular formula is C16H14N2O2. The first-order valence-corrected chi connectivity index (χ1v) is 6.47. The summed E-state index contributed by atoms with van der Waals surface area (Å²) in [5.74, 6) is 0. The van der Waals surface area contributed by atoms with Gasteiger partial charge in [-0.15, -0.1) is 0 Å². The molecule has 0 aliphatic rings. The van der Waals surface area contributed by atoms with Gasteiger partial charge < -0.3 is 4.79 Å². The molecule has 0 unspecified atom stereocenters. The van der Waals surface area contributed by atoms with Crippen LogP contribution in [0.4, 0.5) is 0 Å². The van der Waals surface area contributed by atoms with E-state index in [1.165, 1.54) is 4.57 Å². The van der Waals surface area contributed by atoms with Crippen molar-refractivity contribution in [3.05, 3.63) is 70.6 Å². The van der Waals surface area contributed by atoms with E-state index in [1.807, 2.05) is 54.6 Å². The molecule has 1 heterocycles. The molecule has 0 spiro atoms. The van der Waals surface area contributed by atoms with Crippen LogP contribution in [0.25, 0.3) is 11.0 Å². The Balaban J connectivity index is 2.18. The van der Waals surface area contributed by atoms with Gasteiger partial charge in [0, 0.05) is 0 Å². The molecule has 0 N–H and O–H groups in total. The smallest absolute Gasteiger partial charge is 0.301 e. The SMILES string of the molecule is O=CCn1c(=O)n(Cc2ccccc2)c2ccccc21. The predicted molar refractivity (Wildman–Crippen MR) is 77.8 cm³/mol. The van der Waals surface area contributed by atoms with E-state index in [4.69, 9.17) is 0 Å². The highest BCUT2D eigenvalue weighted by molar-refractivity contribution is 5.77. The van der Waals surface area contributed by atoms with Crippen LogP contribution in [0.15, 0.2) is 59.4 Å². The quantitative estimate of drug-likeness (QED) is 0.678. The summed E-state index contributed by atoms with van der Waals surface area (Å²) in [7, 11) is 0. The summed E-state index contributed by atoms with van der Waals surface area (Å²) < 4.78 is 3.21. The molecule has 0 saturated carbocycles. The average molecular weight is 266 g/mol. The minimum Gasteiger partial charge on any atom is -0.301 e. The van der Waals surface area contributed by atoms with Gasteiger partial charge in [-0.2, -0.15) is 0 Å². The topological polar surface area (TPSA) is 44.0 Å². The molecule has 1 aromatic heterocycles. The van der Waals surface area contributed by atoms with Crippen LogP contribution in [-0.4, -0.2) is 15.4 Å². The normalized spacial score (nSPS) is 10.8.